The highest BCUT2D eigenvalue weighted by molar-refractivity contribution is 9.10. The molecule has 4 aromatic rings. The van der Waals surface area contributed by atoms with Gasteiger partial charge in [-0.15, -0.1) is 10.2 Å². The van der Waals surface area contributed by atoms with Crippen LogP contribution in [0.25, 0.3) is 11.3 Å². The molecule has 0 bridgehead atoms. The van der Waals surface area contributed by atoms with Gasteiger partial charge in [-0.05, 0) is 39.7 Å². The van der Waals surface area contributed by atoms with Gasteiger partial charge in [-0.1, -0.05) is 60.3 Å². The molecular formula is C24H19BrN4O3S. The zero-order valence-corrected chi connectivity index (χ0v) is 19.9. The number of phenolic OH excluding ortho intramolecular Hbond substituents is 1. The van der Waals surface area contributed by atoms with Crippen molar-refractivity contribution in [3.8, 4) is 28.6 Å². The number of nitrogens with zero attached hydrogens (tertiary/aromatic N) is 3. The van der Waals surface area contributed by atoms with Crippen molar-refractivity contribution >= 4 is 33.4 Å². The van der Waals surface area contributed by atoms with Crippen LogP contribution < -0.4 is 14.8 Å². The molecule has 7 nitrogen and oxygen atoms in total. The fourth-order valence-electron chi connectivity index (χ4n) is 3.48. The van der Waals surface area contributed by atoms with Gasteiger partial charge in [-0.25, -0.2) is 0 Å². The van der Waals surface area contributed by atoms with Gasteiger partial charge in [-0.2, -0.15) is 4.98 Å². The van der Waals surface area contributed by atoms with Crippen molar-refractivity contribution in [2.75, 3.05) is 12.4 Å². The Kier molecular flexibility index (Phi) is 6.06. The van der Waals surface area contributed by atoms with Crippen molar-refractivity contribution in [2.45, 2.75) is 17.1 Å². The maximum absolute atomic E-state index is 10.2. The minimum absolute atomic E-state index is 0.0271. The zero-order chi connectivity index (χ0) is 22.8. The second-order valence-corrected chi connectivity index (χ2v) is 9.06. The number of benzene rings is 3. The highest BCUT2D eigenvalue weighted by Crippen LogP contribution is 2.42. The molecule has 0 saturated heterocycles. The SMILES string of the molecule is COc1cc(C2Nc3ccccc3-c3nnc(SCc4ccccc4)nc3O2)cc(Br)c1O. The Hall–Kier alpha value is -3.30. The number of phenols is 1. The minimum Gasteiger partial charge on any atom is -0.503 e. The van der Waals surface area contributed by atoms with E-state index in [9.17, 15) is 5.11 Å². The molecule has 0 spiro atoms. The van der Waals surface area contributed by atoms with E-state index in [1.54, 1.807) is 12.1 Å². The molecule has 1 unspecified atom stereocenters. The van der Waals surface area contributed by atoms with E-state index in [0.717, 1.165) is 22.6 Å². The van der Waals surface area contributed by atoms with E-state index in [1.807, 2.05) is 42.5 Å². The van der Waals surface area contributed by atoms with Crippen LogP contribution in [0.4, 0.5) is 5.69 Å². The summed E-state index contributed by atoms with van der Waals surface area (Å²) in [6, 6.07) is 21.4. The molecule has 0 radical (unpaired) electrons. The molecule has 3 aromatic carbocycles. The largest absolute Gasteiger partial charge is 0.503 e. The molecule has 2 N–H and O–H groups in total. The van der Waals surface area contributed by atoms with E-state index in [0.29, 0.717) is 27.0 Å². The van der Waals surface area contributed by atoms with Crippen LogP contribution in [-0.2, 0) is 5.75 Å². The number of hydrogen-bond donors (Lipinski definition) is 2. The van der Waals surface area contributed by atoms with Crippen molar-refractivity contribution in [3.05, 3.63) is 82.3 Å². The Balaban J connectivity index is 1.52. The molecule has 0 amide bonds. The van der Waals surface area contributed by atoms with Gasteiger partial charge in [-0.3, -0.25) is 0 Å². The van der Waals surface area contributed by atoms with Gasteiger partial charge in [0.25, 0.3) is 0 Å². The van der Waals surface area contributed by atoms with Crippen LogP contribution in [0.1, 0.15) is 17.4 Å². The predicted molar refractivity (Wildman–Crippen MR) is 131 cm³/mol. The molecule has 1 aliphatic heterocycles. The van der Waals surface area contributed by atoms with Crippen LogP contribution in [0.3, 0.4) is 0 Å². The Labute approximate surface area is 203 Å². The van der Waals surface area contributed by atoms with Crippen molar-refractivity contribution < 1.29 is 14.6 Å². The number of thioether (sulfide) groups is 1. The molecule has 0 fully saturated rings. The van der Waals surface area contributed by atoms with Crippen LogP contribution in [0, 0.1) is 0 Å². The summed E-state index contributed by atoms with van der Waals surface area (Å²) in [5.74, 6) is 1.47. The fourth-order valence-corrected chi connectivity index (χ4v) is 4.68. The molecule has 166 valence electrons. The van der Waals surface area contributed by atoms with Gasteiger partial charge in [0.05, 0.1) is 11.6 Å². The number of anilines is 1. The molecule has 1 aliphatic rings. The lowest BCUT2D eigenvalue weighted by atomic mass is 10.1. The third kappa shape index (κ3) is 4.46. The quantitative estimate of drug-likeness (QED) is 0.317. The van der Waals surface area contributed by atoms with Gasteiger partial charge in [0.2, 0.25) is 11.0 Å². The summed E-state index contributed by atoms with van der Waals surface area (Å²) in [5, 5.41) is 22.9. The standard InChI is InChI=1S/C24H19BrN4O3S/c1-31-19-12-15(11-17(25)21(19)30)22-26-18-10-6-5-9-16(18)20-23(32-22)27-24(29-28-20)33-13-14-7-3-2-4-8-14/h2-12,22,26,30H,13H2,1H3. The first kappa shape index (κ1) is 21.5. The molecule has 1 atom stereocenters. The summed E-state index contributed by atoms with van der Waals surface area (Å²) >= 11 is 4.88. The highest BCUT2D eigenvalue weighted by atomic mass is 79.9. The second kappa shape index (κ2) is 9.29. The summed E-state index contributed by atoms with van der Waals surface area (Å²) in [6.45, 7) is 0. The third-order valence-electron chi connectivity index (χ3n) is 5.12. The number of nitrogens with one attached hydrogen (secondary N) is 1. The van der Waals surface area contributed by atoms with Crippen molar-refractivity contribution in [2.24, 2.45) is 0 Å². The van der Waals surface area contributed by atoms with Crippen LogP contribution in [0.15, 0.2) is 76.4 Å². The average Bonchev–Trinajstić information content (AvgIpc) is 3.01. The lowest BCUT2D eigenvalue weighted by molar-refractivity contribution is 0.224. The number of hydrogen-bond acceptors (Lipinski definition) is 8. The van der Waals surface area contributed by atoms with Crippen molar-refractivity contribution in [1.82, 2.24) is 15.2 Å². The van der Waals surface area contributed by atoms with E-state index in [-0.39, 0.29) is 5.75 Å². The average molecular weight is 523 g/mol. The topological polar surface area (TPSA) is 89.4 Å². The predicted octanol–water partition coefficient (Wildman–Crippen LogP) is 5.81. The zero-order valence-electron chi connectivity index (χ0n) is 17.5. The Morgan fingerprint density at radius 2 is 1.88 bits per heavy atom. The third-order valence-corrected chi connectivity index (χ3v) is 6.63. The summed E-state index contributed by atoms with van der Waals surface area (Å²) in [5.41, 5.74) is 4.17. The number of halogens is 1. The summed E-state index contributed by atoms with van der Waals surface area (Å²) in [4.78, 5) is 4.68. The van der Waals surface area contributed by atoms with E-state index in [2.05, 4.69) is 48.6 Å². The molecule has 0 aliphatic carbocycles. The molecule has 5 rings (SSSR count). The first-order chi connectivity index (χ1) is 16.1. The van der Waals surface area contributed by atoms with Gasteiger partial charge >= 0.3 is 0 Å². The van der Waals surface area contributed by atoms with E-state index in [4.69, 9.17) is 9.47 Å². The second-order valence-electron chi connectivity index (χ2n) is 7.26. The first-order valence-electron chi connectivity index (χ1n) is 10.1. The monoisotopic (exact) mass is 522 g/mol. The molecule has 2 heterocycles. The number of methoxy groups -OCH3 is 1. The van der Waals surface area contributed by atoms with E-state index >= 15 is 0 Å². The number of aromatic nitrogens is 3. The molecular weight excluding hydrogens is 504 g/mol. The Morgan fingerprint density at radius 3 is 2.70 bits per heavy atom. The number of aromatic hydroxyl groups is 1. The van der Waals surface area contributed by atoms with Gasteiger partial charge in [0.15, 0.2) is 23.4 Å². The summed E-state index contributed by atoms with van der Waals surface area (Å²) in [7, 11) is 1.50. The van der Waals surface area contributed by atoms with Gasteiger partial charge < -0.3 is 19.9 Å². The van der Waals surface area contributed by atoms with Crippen molar-refractivity contribution in [1.29, 1.82) is 0 Å². The molecule has 0 saturated carbocycles. The normalized spacial score (nSPS) is 14.3. The Morgan fingerprint density at radius 1 is 1.09 bits per heavy atom. The summed E-state index contributed by atoms with van der Waals surface area (Å²) in [6.07, 6.45) is -0.595. The van der Waals surface area contributed by atoms with Gasteiger partial charge in [0, 0.05) is 22.6 Å². The summed E-state index contributed by atoms with van der Waals surface area (Å²) < 4.78 is 12.1. The molecule has 33 heavy (non-hydrogen) atoms. The fraction of sp³-hybridized carbons (Fsp3) is 0.125. The van der Waals surface area contributed by atoms with Gasteiger partial charge in [0.1, 0.15) is 0 Å². The number of ether oxygens (including phenoxy) is 2. The van der Waals surface area contributed by atoms with E-state index in [1.165, 1.54) is 24.4 Å². The molecule has 1 aromatic heterocycles. The highest BCUT2D eigenvalue weighted by Gasteiger charge is 2.27. The lowest BCUT2D eigenvalue weighted by Crippen LogP contribution is -2.17. The van der Waals surface area contributed by atoms with Crippen LogP contribution in [0.2, 0.25) is 0 Å². The van der Waals surface area contributed by atoms with Crippen LogP contribution in [0.5, 0.6) is 17.4 Å². The number of rotatable bonds is 5. The minimum atomic E-state index is -0.595. The Bertz CT molecular complexity index is 1310. The maximum atomic E-state index is 10.2. The number of fused-ring (bicyclic) bond motifs is 3. The molecule has 9 heteroatoms. The van der Waals surface area contributed by atoms with Crippen LogP contribution in [-0.4, -0.2) is 27.4 Å². The number of para-hydroxylation sites is 1. The maximum Gasteiger partial charge on any atom is 0.247 e. The lowest BCUT2D eigenvalue weighted by Gasteiger charge is -2.20. The first-order valence-corrected chi connectivity index (χ1v) is 11.9. The van der Waals surface area contributed by atoms with Crippen molar-refractivity contribution in [3.63, 3.8) is 0 Å². The smallest absolute Gasteiger partial charge is 0.247 e. The van der Waals surface area contributed by atoms with Crippen LogP contribution >= 0.6 is 27.7 Å². The van der Waals surface area contributed by atoms with E-state index < -0.39 is 6.23 Å².